The standard InChI is InChI=1S/C13H20N2O2/c1-3-4-7-12(13(16)17)15-10(2)11-8-5-6-9-14-11/h5-6,8-10,12,15H,3-4,7H2,1-2H3,(H,16,17). The molecule has 0 aliphatic heterocycles. The van der Waals surface area contributed by atoms with E-state index in [1.807, 2.05) is 25.1 Å². The van der Waals surface area contributed by atoms with Crippen LogP contribution in [-0.4, -0.2) is 22.1 Å². The van der Waals surface area contributed by atoms with Crippen molar-refractivity contribution in [3.05, 3.63) is 30.1 Å². The summed E-state index contributed by atoms with van der Waals surface area (Å²) in [5, 5.41) is 12.2. The van der Waals surface area contributed by atoms with Gasteiger partial charge < -0.3 is 5.11 Å². The Morgan fingerprint density at radius 2 is 2.29 bits per heavy atom. The van der Waals surface area contributed by atoms with Crippen LogP contribution in [0.5, 0.6) is 0 Å². The fraction of sp³-hybridized carbons (Fsp3) is 0.538. The molecular formula is C13H20N2O2. The lowest BCUT2D eigenvalue weighted by Crippen LogP contribution is -2.38. The van der Waals surface area contributed by atoms with Crippen LogP contribution in [0.2, 0.25) is 0 Å². The van der Waals surface area contributed by atoms with Crippen molar-refractivity contribution < 1.29 is 9.90 Å². The molecule has 0 radical (unpaired) electrons. The number of hydrogen-bond donors (Lipinski definition) is 2. The first kappa shape index (κ1) is 13.6. The van der Waals surface area contributed by atoms with Crippen LogP contribution in [0.3, 0.4) is 0 Å². The van der Waals surface area contributed by atoms with Crippen LogP contribution in [0.4, 0.5) is 0 Å². The van der Waals surface area contributed by atoms with Crippen molar-refractivity contribution in [3.8, 4) is 0 Å². The predicted octanol–water partition coefficient (Wildman–Crippen LogP) is 2.38. The summed E-state index contributed by atoms with van der Waals surface area (Å²) in [6, 6.07) is 5.11. The van der Waals surface area contributed by atoms with Gasteiger partial charge in [0.25, 0.3) is 0 Å². The highest BCUT2D eigenvalue weighted by molar-refractivity contribution is 5.73. The molecule has 0 aliphatic carbocycles. The summed E-state index contributed by atoms with van der Waals surface area (Å²) in [5.74, 6) is -0.791. The maximum Gasteiger partial charge on any atom is 0.320 e. The molecule has 1 rings (SSSR count). The van der Waals surface area contributed by atoms with Crippen molar-refractivity contribution in [1.29, 1.82) is 0 Å². The summed E-state index contributed by atoms with van der Waals surface area (Å²) in [7, 11) is 0. The summed E-state index contributed by atoms with van der Waals surface area (Å²) in [4.78, 5) is 15.3. The largest absolute Gasteiger partial charge is 0.480 e. The first-order chi connectivity index (χ1) is 8.15. The molecule has 0 spiro atoms. The van der Waals surface area contributed by atoms with Crippen LogP contribution in [-0.2, 0) is 4.79 Å². The first-order valence-corrected chi connectivity index (χ1v) is 6.05. The zero-order valence-corrected chi connectivity index (χ0v) is 10.4. The zero-order valence-electron chi connectivity index (χ0n) is 10.4. The van der Waals surface area contributed by atoms with Gasteiger partial charge in [0.15, 0.2) is 0 Å². The van der Waals surface area contributed by atoms with Crippen LogP contribution in [0.25, 0.3) is 0 Å². The number of pyridine rings is 1. The number of unbranched alkanes of at least 4 members (excludes halogenated alkanes) is 1. The highest BCUT2D eigenvalue weighted by atomic mass is 16.4. The number of hydrogen-bond acceptors (Lipinski definition) is 3. The van der Waals surface area contributed by atoms with E-state index in [9.17, 15) is 4.79 Å². The van der Waals surface area contributed by atoms with E-state index in [2.05, 4.69) is 17.2 Å². The first-order valence-electron chi connectivity index (χ1n) is 6.05. The number of carboxylic acids is 1. The Balaban J connectivity index is 2.58. The van der Waals surface area contributed by atoms with Crippen LogP contribution in [0.1, 0.15) is 44.8 Å². The fourth-order valence-corrected chi connectivity index (χ4v) is 1.71. The van der Waals surface area contributed by atoms with E-state index in [0.29, 0.717) is 6.42 Å². The van der Waals surface area contributed by atoms with Crippen molar-refractivity contribution in [2.24, 2.45) is 0 Å². The van der Waals surface area contributed by atoms with E-state index in [4.69, 9.17) is 5.11 Å². The summed E-state index contributed by atoms with van der Waals surface area (Å²) in [6.07, 6.45) is 4.29. The van der Waals surface area contributed by atoms with Gasteiger partial charge in [-0.1, -0.05) is 25.8 Å². The van der Waals surface area contributed by atoms with Gasteiger partial charge in [-0.15, -0.1) is 0 Å². The number of aliphatic carboxylic acids is 1. The third-order valence-corrected chi connectivity index (χ3v) is 2.73. The van der Waals surface area contributed by atoms with E-state index in [0.717, 1.165) is 18.5 Å². The number of aromatic nitrogens is 1. The van der Waals surface area contributed by atoms with Crippen molar-refractivity contribution >= 4 is 5.97 Å². The average Bonchev–Trinajstić information content (AvgIpc) is 2.35. The second-order valence-corrected chi connectivity index (χ2v) is 4.18. The second-order valence-electron chi connectivity index (χ2n) is 4.18. The molecule has 4 nitrogen and oxygen atoms in total. The van der Waals surface area contributed by atoms with Crippen molar-refractivity contribution in [3.63, 3.8) is 0 Å². The van der Waals surface area contributed by atoms with Crippen molar-refractivity contribution in [1.82, 2.24) is 10.3 Å². The second kappa shape index (κ2) is 7.01. The van der Waals surface area contributed by atoms with Gasteiger partial charge in [-0.05, 0) is 25.5 Å². The Morgan fingerprint density at radius 3 is 2.82 bits per heavy atom. The fourth-order valence-electron chi connectivity index (χ4n) is 1.71. The maximum absolute atomic E-state index is 11.1. The molecule has 0 bridgehead atoms. The minimum atomic E-state index is -0.791. The minimum absolute atomic E-state index is 0.0471. The third-order valence-electron chi connectivity index (χ3n) is 2.73. The average molecular weight is 236 g/mol. The summed E-state index contributed by atoms with van der Waals surface area (Å²) < 4.78 is 0. The molecule has 1 aromatic rings. The van der Waals surface area contributed by atoms with Crippen LogP contribution < -0.4 is 5.32 Å². The quantitative estimate of drug-likeness (QED) is 0.763. The summed E-state index contributed by atoms with van der Waals surface area (Å²) in [5.41, 5.74) is 0.871. The maximum atomic E-state index is 11.1. The van der Waals surface area contributed by atoms with Crippen LogP contribution in [0, 0.1) is 0 Å². The Labute approximate surface area is 102 Å². The molecule has 0 fully saturated rings. The number of nitrogens with one attached hydrogen (secondary N) is 1. The summed E-state index contributed by atoms with van der Waals surface area (Å²) >= 11 is 0. The molecule has 0 aromatic carbocycles. The number of carboxylic acid groups (broad SMARTS) is 1. The summed E-state index contributed by atoms with van der Waals surface area (Å²) in [6.45, 7) is 3.99. The van der Waals surface area contributed by atoms with Crippen molar-refractivity contribution in [2.45, 2.75) is 45.2 Å². The van der Waals surface area contributed by atoms with Gasteiger partial charge in [-0.3, -0.25) is 15.1 Å². The molecule has 2 atom stereocenters. The Kier molecular flexibility index (Phi) is 5.63. The molecule has 2 N–H and O–H groups in total. The van der Waals surface area contributed by atoms with Gasteiger partial charge in [0.1, 0.15) is 6.04 Å². The van der Waals surface area contributed by atoms with Gasteiger partial charge in [0, 0.05) is 12.2 Å². The van der Waals surface area contributed by atoms with Gasteiger partial charge >= 0.3 is 5.97 Å². The molecule has 0 amide bonds. The Hall–Kier alpha value is -1.42. The SMILES string of the molecule is CCCCC(NC(C)c1ccccn1)C(=O)O. The third kappa shape index (κ3) is 4.53. The molecule has 0 saturated carbocycles. The topological polar surface area (TPSA) is 62.2 Å². The van der Waals surface area contributed by atoms with E-state index >= 15 is 0 Å². The van der Waals surface area contributed by atoms with Gasteiger partial charge in [-0.25, -0.2) is 0 Å². The molecule has 4 heteroatoms. The molecule has 0 aliphatic rings. The van der Waals surface area contributed by atoms with Crippen molar-refractivity contribution in [2.75, 3.05) is 0 Å². The molecule has 1 aromatic heterocycles. The van der Waals surface area contributed by atoms with Crippen LogP contribution in [0.15, 0.2) is 24.4 Å². The number of rotatable bonds is 7. The lowest BCUT2D eigenvalue weighted by molar-refractivity contribution is -0.139. The molecular weight excluding hydrogens is 216 g/mol. The lowest BCUT2D eigenvalue weighted by atomic mass is 10.1. The molecule has 94 valence electrons. The Bertz CT molecular complexity index is 341. The molecule has 2 unspecified atom stereocenters. The Morgan fingerprint density at radius 1 is 1.53 bits per heavy atom. The number of nitrogens with zero attached hydrogens (tertiary/aromatic N) is 1. The molecule has 0 saturated heterocycles. The monoisotopic (exact) mass is 236 g/mol. The van der Waals surface area contributed by atoms with E-state index in [1.54, 1.807) is 6.20 Å². The van der Waals surface area contributed by atoms with Gasteiger partial charge in [0.2, 0.25) is 0 Å². The van der Waals surface area contributed by atoms with E-state index in [1.165, 1.54) is 0 Å². The predicted molar refractivity (Wildman–Crippen MR) is 66.7 cm³/mol. The van der Waals surface area contributed by atoms with Gasteiger partial charge in [0.05, 0.1) is 5.69 Å². The zero-order chi connectivity index (χ0) is 12.7. The number of carbonyl (C=O) groups is 1. The molecule has 1 heterocycles. The van der Waals surface area contributed by atoms with Gasteiger partial charge in [-0.2, -0.15) is 0 Å². The smallest absolute Gasteiger partial charge is 0.320 e. The highest BCUT2D eigenvalue weighted by Crippen LogP contribution is 2.11. The highest BCUT2D eigenvalue weighted by Gasteiger charge is 2.19. The van der Waals surface area contributed by atoms with Crippen LogP contribution >= 0.6 is 0 Å². The molecule has 17 heavy (non-hydrogen) atoms. The van der Waals surface area contributed by atoms with E-state index < -0.39 is 12.0 Å². The normalized spacial score (nSPS) is 14.2. The minimum Gasteiger partial charge on any atom is -0.480 e. The van der Waals surface area contributed by atoms with E-state index in [-0.39, 0.29) is 6.04 Å². The lowest BCUT2D eigenvalue weighted by Gasteiger charge is -2.19.